The van der Waals surface area contributed by atoms with Gasteiger partial charge in [-0.1, -0.05) is 0 Å². The van der Waals surface area contributed by atoms with Crippen molar-refractivity contribution >= 4 is 17.8 Å². The number of aliphatic carboxylic acids is 1. The first-order valence-corrected chi connectivity index (χ1v) is 7.60. The molecule has 2 amide bonds. The van der Waals surface area contributed by atoms with Crippen molar-refractivity contribution in [2.45, 2.75) is 25.8 Å². The van der Waals surface area contributed by atoms with Gasteiger partial charge in [0, 0.05) is 38.8 Å². The number of carboxylic acids is 1. The van der Waals surface area contributed by atoms with Crippen LogP contribution in [0.15, 0.2) is 12.4 Å². The van der Waals surface area contributed by atoms with Crippen LogP contribution < -0.4 is 0 Å². The van der Waals surface area contributed by atoms with E-state index in [-0.39, 0.29) is 24.8 Å². The summed E-state index contributed by atoms with van der Waals surface area (Å²) in [4.78, 5) is 38.7. The van der Waals surface area contributed by atoms with Crippen LogP contribution in [0.2, 0.25) is 0 Å². The van der Waals surface area contributed by atoms with E-state index >= 15 is 0 Å². The minimum atomic E-state index is -1.04. The van der Waals surface area contributed by atoms with Crippen LogP contribution in [0.25, 0.3) is 0 Å². The Morgan fingerprint density at radius 2 is 2.13 bits per heavy atom. The number of piperidine rings is 1. The van der Waals surface area contributed by atoms with Crippen LogP contribution in [0.5, 0.6) is 0 Å². The Morgan fingerprint density at radius 3 is 2.65 bits per heavy atom. The Balaban J connectivity index is 2.31. The molecule has 1 aromatic rings. The van der Waals surface area contributed by atoms with Gasteiger partial charge in [0.05, 0.1) is 18.2 Å². The fraction of sp³-hybridized carbons (Fsp3) is 0.600. The van der Waals surface area contributed by atoms with Gasteiger partial charge in [0.2, 0.25) is 11.8 Å². The summed E-state index contributed by atoms with van der Waals surface area (Å²) in [5, 5.41) is 13.1. The van der Waals surface area contributed by atoms with E-state index in [4.69, 9.17) is 5.11 Å². The van der Waals surface area contributed by atoms with Crippen LogP contribution in [-0.2, 0) is 21.4 Å². The van der Waals surface area contributed by atoms with Crippen LogP contribution in [0, 0.1) is 5.92 Å². The second-order valence-corrected chi connectivity index (χ2v) is 5.79. The Morgan fingerprint density at radius 1 is 1.43 bits per heavy atom. The SMILES string of the molecule is CCN(CC(=O)O)C(=O)C1CCC(=O)N(C)C1c1cnn(C)c1. The number of rotatable bonds is 5. The van der Waals surface area contributed by atoms with E-state index in [1.54, 1.807) is 43.0 Å². The minimum Gasteiger partial charge on any atom is -0.480 e. The van der Waals surface area contributed by atoms with Crippen molar-refractivity contribution in [3.05, 3.63) is 18.0 Å². The Labute approximate surface area is 134 Å². The zero-order valence-corrected chi connectivity index (χ0v) is 13.6. The van der Waals surface area contributed by atoms with Gasteiger partial charge in [-0.25, -0.2) is 0 Å². The smallest absolute Gasteiger partial charge is 0.323 e. The second kappa shape index (κ2) is 6.80. The molecule has 0 aromatic carbocycles. The molecule has 0 radical (unpaired) electrons. The minimum absolute atomic E-state index is 0.0239. The van der Waals surface area contributed by atoms with Gasteiger partial charge < -0.3 is 14.9 Å². The molecule has 2 rings (SSSR count). The van der Waals surface area contributed by atoms with Gasteiger partial charge in [0.25, 0.3) is 0 Å². The quantitative estimate of drug-likeness (QED) is 0.839. The predicted octanol–water partition coefficient (Wildman–Crippen LogP) is 0.263. The molecule has 23 heavy (non-hydrogen) atoms. The summed E-state index contributed by atoms with van der Waals surface area (Å²) in [6.45, 7) is 1.74. The molecule has 0 bridgehead atoms. The summed E-state index contributed by atoms with van der Waals surface area (Å²) in [5.41, 5.74) is 0.785. The molecular formula is C15H22N4O4. The highest BCUT2D eigenvalue weighted by atomic mass is 16.4. The van der Waals surface area contributed by atoms with Gasteiger partial charge in [-0.2, -0.15) is 5.10 Å². The molecule has 8 nitrogen and oxygen atoms in total. The van der Waals surface area contributed by atoms with Gasteiger partial charge in [0.1, 0.15) is 6.54 Å². The number of amides is 2. The van der Waals surface area contributed by atoms with E-state index < -0.39 is 17.9 Å². The molecule has 2 heterocycles. The van der Waals surface area contributed by atoms with Gasteiger partial charge in [-0.15, -0.1) is 0 Å². The first kappa shape index (κ1) is 17.0. The zero-order chi connectivity index (χ0) is 17.1. The predicted molar refractivity (Wildman–Crippen MR) is 81.3 cm³/mol. The Hall–Kier alpha value is -2.38. The molecule has 1 saturated heterocycles. The van der Waals surface area contributed by atoms with Crippen LogP contribution in [0.3, 0.4) is 0 Å². The summed E-state index contributed by atoms with van der Waals surface area (Å²) >= 11 is 0. The van der Waals surface area contributed by atoms with Crippen molar-refractivity contribution in [1.82, 2.24) is 19.6 Å². The summed E-state index contributed by atoms with van der Waals surface area (Å²) in [5.74, 6) is -1.76. The Kier molecular flexibility index (Phi) is 5.02. The average Bonchev–Trinajstić information content (AvgIpc) is 2.92. The Bertz CT molecular complexity index is 612. The zero-order valence-electron chi connectivity index (χ0n) is 13.6. The molecular weight excluding hydrogens is 300 g/mol. The number of aromatic nitrogens is 2. The molecule has 0 spiro atoms. The average molecular weight is 322 g/mol. The lowest BCUT2D eigenvalue weighted by Gasteiger charge is -2.39. The third kappa shape index (κ3) is 3.52. The molecule has 8 heteroatoms. The summed E-state index contributed by atoms with van der Waals surface area (Å²) in [7, 11) is 3.45. The van der Waals surface area contributed by atoms with Crippen molar-refractivity contribution in [3.8, 4) is 0 Å². The number of nitrogens with zero attached hydrogens (tertiary/aromatic N) is 4. The molecule has 1 N–H and O–H groups in total. The first-order chi connectivity index (χ1) is 10.8. The van der Waals surface area contributed by atoms with E-state index in [1.807, 2.05) is 0 Å². The van der Waals surface area contributed by atoms with E-state index in [2.05, 4.69) is 5.10 Å². The number of aryl methyl sites for hydroxylation is 1. The summed E-state index contributed by atoms with van der Waals surface area (Å²) in [6, 6.07) is -0.416. The molecule has 1 fully saturated rings. The van der Waals surface area contributed by atoms with Crippen LogP contribution in [0.1, 0.15) is 31.4 Å². The molecule has 2 atom stereocenters. The molecule has 0 aliphatic carbocycles. The standard InChI is InChI=1S/C15H22N4O4/c1-4-19(9-13(21)22)15(23)11-5-6-12(20)18(3)14(11)10-7-16-17(2)8-10/h7-8,11,14H,4-6,9H2,1-3H3,(H,21,22). The van der Waals surface area contributed by atoms with Gasteiger partial charge in [-0.3, -0.25) is 19.1 Å². The molecule has 2 unspecified atom stereocenters. The van der Waals surface area contributed by atoms with Gasteiger partial charge >= 0.3 is 5.97 Å². The lowest BCUT2D eigenvalue weighted by Crippen LogP contribution is -2.48. The first-order valence-electron chi connectivity index (χ1n) is 7.60. The summed E-state index contributed by atoms with van der Waals surface area (Å²) < 4.78 is 1.62. The highest BCUT2D eigenvalue weighted by Gasteiger charge is 2.41. The van der Waals surface area contributed by atoms with Crippen molar-refractivity contribution in [3.63, 3.8) is 0 Å². The van der Waals surface area contributed by atoms with Crippen LogP contribution >= 0.6 is 0 Å². The van der Waals surface area contributed by atoms with E-state index in [1.165, 1.54) is 4.90 Å². The number of likely N-dealkylation sites (tertiary alicyclic amines) is 1. The maximum atomic E-state index is 12.8. The number of hydrogen-bond acceptors (Lipinski definition) is 4. The van der Waals surface area contributed by atoms with E-state index in [0.29, 0.717) is 13.0 Å². The van der Waals surface area contributed by atoms with Crippen molar-refractivity contribution < 1.29 is 19.5 Å². The molecule has 1 aromatic heterocycles. The lowest BCUT2D eigenvalue weighted by molar-refractivity contribution is -0.151. The maximum Gasteiger partial charge on any atom is 0.323 e. The topological polar surface area (TPSA) is 95.7 Å². The largest absolute Gasteiger partial charge is 0.480 e. The monoisotopic (exact) mass is 322 g/mol. The van der Waals surface area contributed by atoms with Gasteiger partial charge in [0.15, 0.2) is 0 Å². The van der Waals surface area contributed by atoms with Crippen molar-refractivity contribution in [1.29, 1.82) is 0 Å². The summed E-state index contributed by atoms with van der Waals surface area (Å²) in [6.07, 6.45) is 4.13. The fourth-order valence-corrected chi connectivity index (χ4v) is 3.09. The van der Waals surface area contributed by atoms with E-state index in [0.717, 1.165) is 5.56 Å². The number of carboxylic acid groups (broad SMARTS) is 1. The molecule has 1 aliphatic rings. The maximum absolute atomic E-state index is 12.8. The number of hydrogen-bond donors (Lipinski definition) is 1. The van der Waals surface area contributed by atoms with Gasteiger partial charge in [-0.05, 0) is 13.3 Å². The second-order valence-electron chi connectivity index (χ2n) is 5.79. The van der Waals surface area contributed by atoms with E-state index in [9.17, 15) is 14.4 Å². The fourth-order valence-electron chi connectivity index (χ4n) is 3.09. The molecule has 0 saturated carbocycles. The molecule has 1 aliphatic heterocycles. The third-order valence-corrected chi connectivity index (χ3v) is 4.26. The lowest BCUT2D eigenvalue weighted by atomic mass is 9.84. The third-order valence-electron chi connectivity index (χ3n) is 4.26. The highest BCUT2D eigenvalue weighted by Crippen LogP contribution is 2.36. The normalized spacial score (nSPS) is 21.3. The highest BCUT2D eigenvalue weighted by molar-refractivity contribution is 5.87. The van der Waals surface area contributed by atoms with Crippen LogP contribution in [0.4, 0.5) is 0 Å². The number of carbonyl (C=O) groups is 3. The number of carbonyl (C=O) groups excluding carboxylic acids is 2. The van der Waals surface area contributed by atoms with Crippen molar-refractivity contribution in [2.24, 2.45) is 13.0 Å². The number of likely N-dealkylation sites (N-methyl/N-ethyl adjacent to an activating group) is 1. The van der Waals surface area contributed by atoms with Crippen molar-refractivity contribution in [2.75, 3.05) is 20.1 Å². The molecule has 126 valence electrons. The van der Waals surface area contributed by atoms with Crippen LogP contribution in [-0.4, -0.2) is 62.6 Å².